The molecule has 172 valence electrons. The topological polar surface area (TPSA) is 99.1 Å². The second kappa shape index (κ2) is 9.08. The number of para-hydroxylation sites is 1. The van der Waals surface area contributed by atoms with E-state index in [1.54, 1.807) is 22.9 Å². The largest absolute Gasteiger partial charge is 0.368 e. The van der Waals surface area contributed by atoms with Crippen molar-refractivity contribution < 1.29 is 18.0 Å². The second-order valence-corrected chi connectivity index (χ2v) is 10.1. The minimum Gasteiger partial charge on any atom is -0.368 e. The Morgan fingerprint density at radius 1 is 1.03 bits per heavy atom. The molecule has 3 heterocycles. The number of amides is 2. The molecule has 4 rings (SSSR count). The lowest BCUT2D eigenvalue weighted by Crippen LogP contribution is -2.50. The first-order valence-corrected chi connectivity index (χ1v) is 12.1. The molecule has 0 N–H and O–H groups in total. The van der Waals surface area contributed by atoms with E-state index in [4.69, 9.17) is 11.6 Å². The standard InChI is InChI=1S/C20H25ClN6O4S/c1-23-14-16(20(29)26-8-6-24(15-28)7-9-26)19(22-23)32(30,31)27-12-10-25(11-13-27)18-5-3-2-4-17(18)21/h2-5,14-15H,6-13H2,1H3. The number of nitrogens with zero attached hydrogens (tertiary/aromatic N) is 6. The Morgan fingerprint density at radius 3 is 2.31 bits per heavy atom. The summed E-state index contributed by atoms with van der Waals surface area (Å²) < 4.78 is 29.5. The summed E-state index contributed by atoms with van der Waals surface area (Å²) in [6.07, 6.45) is 2.20. The van der Waals surface area contributed by atoms with Crippen molar-refractivity contribution >= 4 is 39.6 Å². The summed E-state index contributed by atoms with van der Waals surface area (Å²) in [6.45, 7) is 3.01. The molecule has 0 saturated carbocycles. The Hall–Kier alpha value is -2.63. The molecule has 1 aromatic heterocycles. The van der Waals surface area contributed by atoms with Crippen LogP contribution in [0.25, 0.3) is 0 Å². The number of aromatic nitrogens is 2. The Balaban J connectivity index is 1.51. The zero-order valence-corrected chi connectivity index (χ0v) is 19.3. The van der Waals surface area contributed by atoms with Crippen LogP contribution >= 0.6 is 11.6 Å². The molecule has 0 spiro atoms. The number of carbonyl (C=O) groups excluding carboxylic acids is 2. The summed E-state index contributed by atoms with van der Waals surface area (Å²) in [6, 6.07) is 7.46. The van der Waals surface area contributed by atoms with Gasteiger partial charge in [-0.1, -0.05) is 23.7 Å². The number of hydrogen-bond acceptors (Lipinski definition) is 6. The molecule has 2 aromatic rings. The lowest BCUT2D eigenvalue weighted by atomic mass is 10.2. The molecule has 2 saturated heterocycles. The summed E-state index contributed by atoms with van der Waals surface area (Å²) in [7, 11) is -2.37. The van der Waals surface area contributed by atoms with Gasteiger partial charge in [-0.3, -0.25) is 14.3 Å². The average Bonchev–Trinajstić information content (AvgIpc) is 3.21. The number of aryl methyl sites for hydroxylation is 1. The van der Waals surface area contributed by atoms with Crippen molar-refractivity contribution in [2.24, 2.45) is 7.05 Å². The molecular weight excluding hydrogens is 456 g/mol. The van der Waals surface area contributed by atoms with Gasteiger partial charge in [0, 0.05) is 65.6 Å². The van der Waals surface area contributed by atoms with Crippen LogP contribution in [0.3, 0.4) is 0 Å². The average molecular weight is 481 g/mol. The molecule has 2 aliphatic rings. The van der Waals surface area contributed by atoms with E-state index in [1.807, 2.05) is 23.1 Å². The Bertz CT molecular complexity index is 1110. The summed E-state index contributed by atoms with van der Waals surface area (Å²) in [4.78, 5) is 29.2. The van der Waals surface area contributed by atoms with Crippen LogP contribution in [0.5, 0.6) is 0 Å². The summed E-state index contributed by atoms with van der Waals surface area (Å²) in [5.74, 6) is -0.392. The fourth-order valence-corrected chi connectivity index (χ4v) is 5.80. The van der Waals surface area contributed by atoms with Crippen molar-refractivity contribution in [3.05, 3.63) is 41.0 Å². The number of carbonyl (C=O) groups is 2. The minimum atomic E-state index is -3.96. The van der Waals surface area contributed by atoms with Gasteiger partial charge in [-0.2, -0.15) is 9.40 Å². The third-order valence-corrected chi connectivity index (χ3v) is 7.95. The fraction of sp³-hybridized carbons (Fsp3) is 0.450. The molecule has 2 amide bonds. The van der Waals surface area contributed by atoms with Crippen LogP contribution in [0.15, 0.2) is 35.5 Å². The molecule has 10 nitrogen and oxygen atoms in total. The first kappa shape index (κ1) is 22.6. The van der Waals surface area contributed by atoms with Crippen molar-refractivity contribution in [1.82, 2.24) is 23.9 Å². The maximum atomic E-state index is 13.4. The Morgan fingerprint density at radius 2 is 1.69 bits per heavy atom. The zero-order valence-electron chi connectivity index (χ0n) is 17.7. The number of hydrogen-bond donors (Lipinski definition) is 0. The van der Waals surface area contributed by atoms with E-state index in [2.05, 4.69) is 5.10 Å². The number of halogens is 1. The summed E-state index contributed by atoms with van der Waals surface area (Å²) in [5, 5.41) is 4.53. The third kappa shape index (κ3) is 4.32. The summed E-state index contributed by atoms with van der Waals surface area (Å²) >= 11 is 6.28. The van der Waals surface area contributed by atoms with Crippen molar-refractivity contribution in [1.29, 1.82) is 0 Å². The van der Waals surface area contributed by atoms with E-state index in [1.165, 1.54) is 15.2 Å². The number of benzene rings is 1. The van der Waals surface area contributed by atoms with Crippen LogP contribution in [0, 0.1) is 0 Å². The van der Waals surface area contributed by atoms with Crippen molar-refractivity contribution in [3.63, 3.8) is 0 Å². The molecule has 0 bridgehead atoms. The van der Waals surface area contributed by atoms with Crippen molar-refractivity contribution in [2.75, 3.05) is 57.3 Å². The Labute approximate surface area is 192 Å². The molecule has 0 aliphatic carbocycles. The first-order chi connectivity index (χ1) is 15.3. The zero-order chi connectivity index (χ0) is 22.9. The van der Waals surface area contributed by atoms with Gasteiger partial charge in [0.05, 0.1) is 16.3 Å². The van der Waals surface area contributed by atoms with Gasteiger partial charge in [0.1, 0.15) is 0 Å². The maximum Gasteiger partial charge on any atom is 0.263 e. The fourth-order valence-electron chi connectivity index (χ4n) is 4.01. The van der Waals surface area contributed by atoms with Gasteiger partial charge in [-0.25, -0.2) is 8.42 Å². The van der Waals surface area contributed by atoms with Crippen molar-refractivity contribution in [2.45, 2.75) is 5.03 Å². The molecule has 2 aliphatic heterocycles. The van der Waals surface area contributed by atoms with Crippen molar-refractivity contribution in [3.8, 4) is 0 Å². The van der Waals surface area contributed by atoms with E-state index in [0.717, 1.165) is 12.1 Å². The first-order valence-electron chi connectivity index (χ1n) is 10.3. The molecule has 0 unspecified atom stereocenters. The highest BCUT2D eigenvalue weighted by Gasteiger charge is 2.36. The van der Waals surface area contributed by atoms with Crippen LogP contribution < -0.4 is 4.90 Å². The summed E-state index contributed by atoms with van der Waals surface area (Å²) in [5.41, 5.74) is 0.926. The van der Waals surface area contributed by atoms with Crippen LogP contribution in [-0.2, 0) is 21.9 Å². The molecule has 12 heteroatoms. The molecular formula is C20H25ClN6O4S. The van der Waals surface area contributed by atoms with Gasteiger partial charge in [-0.05, 0) is 12.1 Å². The van der Waals surface area contributed by atoms with E-state index in [0.29, 0.717) is 44.3 Å². The van der Waals surface area contributed by atoms with Crippen LogP contribution in [0.1, 0.15) is 10.4 Å². The normalized spacial score (nSPS) is 18.1. The highest BCUT2D eigenvalue weighted by molar-refractivity contribution is 7.89. The lowest BCUT2D eigenvalue weighted by Gasteiger charge is -2.35. The Kier molecular flexibility index (Phi) is 6.40. The number of sulfonamides is 1. The number of piperazine rings is 2. The second-order valence-electron chi connectivity index (χ2n) is 7.80. The number of rotatable bonds is 5. The van der Waals surface area contributed by atoms with Gasteiger partial charge in [0.2, 0.25) is 11.4 Å². The monoisotopic (exact) mass is 480 g/mol. The van der Waals surface area contributed by atoms with Gasteiger partial charge in [0.15, 0.2) is 0 Å². The smallest absolute Gasteiger partial charge is 0.263 e. The van der Waals surface area contributed by atoms with E-state index < -0.39 is 15.9 Å². The van der Waals surface area contributed by atoms with Crippen LogP contribution in [0.2, 0.25) is 5.02 Å². The van der Waals surface area contributed by atoms with E-state index in [9.17, 15) is 18.0 Å². The van der Waals surface area contributed by atoms with Gasteiger partial charge in [-0.15, -0.1) is 0 Å². The molecule has 32 heavy (non-hydrogen) atoms. The molecule has 1 aromatic carbocycles. The lowest BCUT2D eigenvalue weighted by molar-refractivity contribution is -0.119. The van der Waals surface area contributed by atoms with Crippen LogP contribution in [0.4, 0.5) is 5.69 Å². The van der Waals surface area contributed by atoms with Crippen LogP contribution in [-0.4, -0.2) is 97.0 Å². The van der Waals surface area contributed by atoms with Gasteiger partial charge in [0.25, 0.3) is 15.9 Å². The van der Waals surface area contributed by atoms with Gasteiger partial charge < -0.3 is 14.7 Å². The third-order valence-electron chi connectivity index (χ3n) is 5.79. The predicted molar refractivity (Wildman–Crippen MR) is 119 cm³/mol. The molecule has 2 fully saturated rings. The van der Waals surface area contributed by atoms with E-state index >= 15 is 0 Å². The van der Waals surface area contributed by atoms with Gasteiger partial charge >= 0.3 is 0 Å². The highest BCUT2D eigenvalue weighted by Crippen LogP contribution is 2.28. The van der Waals surface area contributed by atoms with E-state index in [-0.39, 0.29) is 23.7 Å². The predicted octanol–water partition coefficient (Wildman–Crippen LogP) is 0.499. The highest BCUT2D eigenvalue weighted by atomic mass is 35.5. The maximum absolute atomic E-state index is 13.4. The molecule has 0 atom stereocenters. The quantitative estimate of drug-likeness (QED) is 0.578. The molecule has 0 radical (unpaired) electrons. The number of anilines is 1. The SMILES string of the molecule is Cn1cc(C(=O)N2CCN(C=O)CC2)c(S(=O)(=O)N2CCN(c3ccccc3Cl)CC2)n1. The minimum absolute atomic E-state index is 0.0561.